The molecular formula is C15H11ClN2O2S. The van der Waals surface area contributed by atoms with E-state index in [-0.39, 0.29) is 11.7 Å². The Balaban J connectivity index is 1.87. The Hall–Kier alpha value is -2.11. The van der Waals surface area contributed by atoms with E-state index in [1.165, 1.54) is 17.4 Å². The second-order valence-electron chi connectivity index (χ2n) is 4.59. The molecule has 4 nitrogen and oxygen atoms in total. The predicted molar refractivity (Wildman–Crippen MR) is 85.4 cm³/mol. The number of nitrogens with zero attached hydrogens (tertiary/aromatic N) is 1. The lowest BCUT2D eigenvalue weighted by Gasteiger charge is -2.03. The Kier molecular flexibility index (Phi) is 3.53. The molecule has 0 fully saturated rings. The molecule has 6 heteroatoms. The number of carbonyl (C=O) groups is 1. The minimum atomic E-state index is -0.310. The second-order valence-corrected chi connectivity index (χ2v) is 6.05. The van der Waals surface area contributed by atoms with E-state index >= 15 is 0 Å². The van der Waals surface area contributed by atoms with Gasteiger partial charge in [0.1, 0.15) is 5.75 Å². The fourth-order valence-electron chi connectivity index (χ4n) is 1.87. The Bertz CT molecular complexity index is 845. The normalized spacial score (nSPS) is 10.8. The van der Waals surface area contributed by atoms with Crippen molar-refractivity contribution in [1.29, 1.82) is 0 Å². The molecule has 0 atom stereocenters. The van der Waals surface area contributed by atoms with Crippen LogP contribution in [0.15, 0.2) is 36.4 Å². The number of hydrogen-bond acceptors (Lipinski definition) is 4. The van der Waals surface area contributed by atoms with Gasteiger partial charge in [-0.05, 0) is 42.8 Å². The van der Waals surface area contributed by atoms with Crippen molar-refractivity contribution >= 4 is 44.2 Å². The summed E-state index contributed by atoms with van der Waals surface area (Å²) in [6, 6.07) is 10.2. The quantitative estimate of drug-likeness (QED) is 0.743. The number of carbonyl (C=O) groups excluding carboxylic acids is 1. The third-order valence-corrected chi connectivity index (χ3v) is 4.21. The summed E-state index contributed by atoms with van der Waals surface area (Å²) in [4.78, 5) is 16.5. The van der Waals surface area contributed by atoms with Gasteiger partial charge in [-0.25, -0.2) is 4.98 Å². The first kappa shape index (κ1) is 13.9. The van der Waals surface area contributed by atoms with Gasteiger partial charge < -0.3 is 5.11 Å². The SMILES string of the molecule is Cc1ccc(C(=O)Nc2nc3ccc(Cl)cc3s2)cc1O. The summed E-state index contributed by atoms with van der Waals surface area (Å²) >= 11 is 7.28. The number of aromatic nitrogens is 1. The molecule has 0 spiro atoms. The van der Waals surface area contributed by atoms with Crippen LogP contribution in [0.3, 0.4) is 0 Å². The number of benzene rings is 2. The highest BCUT2D eigenvalue weighted by atomic mass is 35.5. The van der Waals surface area contributed by atoms with Crippen LogP contribution in [0.1, 0.15) is 15.9 Å². The monoisotopic (exact) mass is 318 g/mol. The maximum Gasteiger partial charge on any atom is 0.257 e. The molecule has 0 bridgehead atoms. The first-order valence-corrected chi connectivity index (χ1v) is 7.39. The Morgan fingerprint density at radius 3 is 2.86 bits per heavy atom. The van der Waals surface area contributed by atoms with Gasteiger partial charge in [0.2, 0.25) is 0 Å². The molecule has 0 saturated carbocycles. The lowest BCUT2D eigenvalue weighted by atomic mass is 10.1. The minimum Gasteiger partial charge on any atom is -0.508 e. The number of anilines is 1. The van der Waals surface area contributed by atoms with Gasteiger partial charge >= 0.3 is 0 Å². The number of nitrogens with one attached hydrogen (secondary N) is 1. The van der Waals surface area contributed by atoms with E-state index in [1.54, 1.807) is 25.1 Å². The molecule has 2 aromatic carbocycles. The topological polar surface area (TPSA) is 62.2 Å². The number of aromatic hydroxyl groups is 1. The number of phenolic OH excluding ortho intramolecular Hbond substituents is 1. The highest BCUT2D eigenvalue weighted by Crippen LogP contribution is 2.28. The number of phenols is 1. The van der Waals surface area contributed by atoms with Crippen molar-refractivity contribution in [3.8, 4) is 5.75 Å². The lowest BCUT2D eigenvalue weighted by Crippen LogP contribution is -2.11. The zero-order chi connectivity index (χ0) is 15.0. The molecule has 1 amide bonds. The maximum atomic E-state index is 12.1. The summed E-state index contributed by atoms with van der Waals surface area (Å²) in [6.45, 7) is 1.77. The van der Waals surface area contributed by atoms with Crippen LogP contribution in [0.2, 0.25) is 5.02 Å². The van der Waals surface area contributed by atoms with E-state index in [0.717, 1.165) is 15.8 Å². The van der Waals surface area contributed by atoms with Gasteiger partial charge in [0.05, 0.1) is 10.2 Å². The fraction of sp³-hybridized carbons (Fsp3) is 0.0667. The molecule has 0 aliphatic carbocycles. The van der Waals surface area contributed by atoms with Crippen LogP contribution in [0.4, 0.5) is 5.13 Å². The fourth-order valence-corrected chi connectivity index (χ4v) is 3.01. The van der Waals surface area contributed by atoms with Crippen LogP contribution in [-0.4, -0.2) is 16.0 Å². The molecule has 0 aliphatic heterocycles. The van der Waals surface area contributed by atoms with E-state index in [0.29, 0.717) is 15.7 Å². The summed E-state index contributed by atoms with van der Waals surface area (Å²) in [5, 5.41) is 13.5. The van der Waals surface area contributed by atoms with E-state index in [4.69, 9.17) is 11.6 Å². The molecule has 3 rings (SSSR count). The van der Waals surface area contributed by atoms with Gasteiger partial charge in [0.15, 0.2) is 5.13 Å². The summed E-state index contributed by atoms with van der Waals surface area (Å²) in [6.07, 6.45) is 0. The maximum absolute atomic E-state index is 12.1. The van der Waals surface area contributed by atoms with Gasteiger partial charge in [-0.15, -0.1) is 0 Å². The molecule has 0 saturated heterocycles. The highest BCUT2D eigenvalue weighted by Gasteiger charge is 2.11. The van der Waals surface area contributed by atoms with Gasteiger partial charge in [0.25, 0.3) is 5.91 Å². The van der Waals surface area contributed by atoms with Gasteiger partial charge in [-0.2, -0.15) is 0 Å². The van der Waals surface area contributed by atoms with Crippen molar-refractivity contribution in [2.75, 3.05) is 5.32 Å². The molecule has 1 aromatic heterocycles. The van der Waals surface area contributed by atoms with Crippen LogP contribution in [-0.2, 0) is 0 Å². The molecule has 0 radical (unpaired) electrons. The largest absolute Gasteiger partial charge is 0.508 e. The number of fused-ring (bicyclic) bond motifs is 1. The molecule has 0 aliphatic rings. The van der Waals surface area contributed by atoms with Gasteiger partial charge in [-0.1, -0.05) is 29.0 Å². The molecule has 0 unspecified atom stereocenters. The van der Waals surface area contributed by atoms with E-state index < -0.39 is 0 Å². The van der Waals surface area contributed by atoms with Crippen molar-refractivity contribution in [3.63, 3.8) is 0 Å². The number of hydrogen-bond donors (Lipinski definition) is 2. The number of thiazole rings is 1. The average molecular weight is 319 g/mol. The smallest absolute Gasteiger partial charge is 0.257 e. The molecule has 106 valence electrons. The standard InChI is InChI=1S/C15H11ClN2O2S/c1-8-2-3-9(6-12(8)19)14(20)18-15-17-11-5-4-10(16)7-13(11)21-15/h2-7,19H,1H3,(H,17,18,20). The molecule has 1 heterocycles. The highest BCUT2D eigenvalue weighted by molar-refractivity contribution is 7.22. The first-order chi connectivity index (χ1) is 10.0. The van der Waals surface area contributed by atoms with Crippen LogP contribution >= 0.6 is 22.9 Å². The molecule has 3 aromatic rings. The summed E-state index contributed by atoms with van der Waals surface area (Å²) < 4.78 is 0.907. The Morgan fingerprint density at radius 1 is 1.29 bits per heavy atom. The molecule has 2 N–H and O–H groups in total. The van der Waals surface area contributed by atoms with E-state index in [1.807, 2.05) is 12.1 Å². The lowest BCUT2D eigenvalue weighted by molar-refractivity contribution is 0.102. The van der Waals surface area contributed by atoms with Crippen molar-refractivity contribution in [1.82, 2.24) is 4.98 Å². The van der Waals surface area contributed by atoms with Crippen LogP contribution in [0, 0.1) is 6.92 Å². The minimum absolute atomic E-state index is 0.0960. The van der Waals surface area contributed by atoms with E-state index in [9.17, 15) is 9.90 Å². The van der Waals surface area contributed by atoms with Crippen molar-refractivity contribution in [2.24, 2.45) is 0 Å². The molecular weight excluding hydrogens is 308 g/mol. The summed E-state index contributed by atoms with van der Waals surface area (Å²) in [5.41, 5.74) is 1.89. The Morgan fingerprint density at radius 2 is 2.10 bits per heavy atom. The number of halogens is 1. The third kappa shape index (κ3) is 2.84. The van der Waals surface area contributed by atoms with Crippen LogP contribution < -0.4 is 5.32 Å². The van der Waals surface area contributed by atoms with Gasteiger partial charge in [0, 0.05) is 10.6 Å². The zero-order valence-corrected chi connectivity index (χ0v) is 12.6. The molecule has 21 heavy (non-hydrogen) atoms. The van der Waals surface area contributed by atoms with Crippen LogP contribution in [0.5, 0.6) is 5.75 Å². The predicted octanol–water partition coefficient (Wildman–Crippen LogP) is 4.22. The number of amides is 1. The first-order valence-electron chi connectivity index (χ1n) is 6.20. The van der Waals surface area contributed by atoms with Crippen molar-refractivity contribution < 1.29 is 9.90 Å². The van der Waals surface area contributed by atoms with Crippen molar-refractivity contribution in [2.45, 2.75) is 6.92 Å². The number of aryl methyl sites for hydroxylation is 1. The van der Waals surface area contributed by atoms with Crippen LogP contribution in [0.25, 0.3) is 10.2 Å². The Labute approximate surface area is 130 Å². The number of rotatable bonds is 2. The zero-order valence-electron chi connectivity index (χ0n) is 11.1. The third-order valence-electron chi connectivity index (χ3n) is 3.04. The van der Waals surface area contributed by atoms with Crippen molar-refractivity contribution in [3.05, 3.63) is 52.5 Å². The summed E-state index contributed by atoms with van der Waals surface area (Å²) in [5.74, 6) is -0.214. The van der Waals surface area contributed by atoms with E-state index in [2.05, 4.69) is 10.3 Å². The summed E-state index contributed by atoms with van der Waals surface area (Å²) in [7, 11) is 0. The average Bonchev–Trinajstić information content (AvgIpc) is 2.83. The van der Waals surface area contributed by atoms with Gasteiger partial charge in [-0.3, -0.25) is 10.1 Å². The second kappa shape index (κ2) is 5.35.